The van der Waals surface area contributed by atoms with Crippen molar-refractivity contribution in [1.82, 2.24) is 28.5 Å². The van der Waals surface area contributed by atoms with E-state index in [1.165, 1.54) is 18.7 Å². The summed E-state index contributed by atoms with van der Waals surface area (Å²) in [6.45, 7) is 5.73. The number of methoxy groups -OCH3 is 1. The van der Waals surface area contributed by atoms with E-state index in [1.54, 1.807) is 11.9 Å². The Bertz CT molecular complexity index is 1300. The molecule has 3 aromatic rings. The van der Waals surface area contributed by atoms with Gasteiger partial charge in [0.25, 0.3) is 5.56 Å². The third-order valence-electron chi connectivity index (χ3n) is 6.21. The van der Waals surface area contributed by atoms with Crippen LogP contribution in [0.15, 0.2) is 33.9 Å². The van der Waals surface area contributed by atoms with Crippen molar-refractivity contribution in [3.63, 3.8) is 0 Å². The number of carbonyl (C=O) groups is 1. The molecule has 0 N–H and O–H groups in total. The summed E-state index contributed by atoms with van der Waals surface area (Å²) in [6.07, 6.45) is 0. The highest BCUT2D eigenvalue weighted by Gasteiger charge is 2.24. The normalized spacial score (nSPS) is 14.8. The summed E-state index contributed by atoms with van der Waals surface area (Å²) in [6, 6.07) is 8.13. The second kappa shape index (κ2) is 9.32. The molecule has 0 spiro atoms. The minimum Gasteiger partial charge on any atom is -0.375 e. The second-order valence-corrected chi connectivity index (χ2v) is 8.57. The Hall–Kier alpha value is -3.24. The Morgan fingerprint density at radius 1 is 1.06 bits per heavy atom. The van der Waals surface area contributed by atoms with Crippen molar-refractivity contribution < 1.29 is 9.53 Å². The topological polar surface area (TPSA) is 94.6 Å². The summed E-state index contributed by atoms with van der Waals surface area (Å²) in [4.78, 5) is 46.4. The molecule has 1 saturated heterocycles. The van der Waals surface area contributed by atoms with E-state index in [2.05, 4.69) is 11.0 Å². The van der Waals surface area contributed by atoms with Gasteiger partial charge >= 0.3 is 5.69 Å². The van der Waals surface area contributed by atoms with Gasteiger partial charge in [-0.15, -0.1) is 0 Å². The molecule has 1 aliphatic heterocycles. The van der Waals surface area contributed by atoms with Crippen LogP contribution in [0, 0.1) is 6.92 Å². The largest absolute Gasteiger partial charge is 0.375 e. The molecule has 1 aliphatic rings. The lowest BCUT2D eigenvalue weighted by atomic mass is 10.1. The SMILES string of the molecule is COCC(=O)N1CCN(Cc2nc3c(c(=O)n(C)c(=O)n3C)n2Cc2cccc(C)c2)CC1. The number of amides is 1. The summed E-state index contributed by atoms with van der Waals surface area (Å²) in [7, 11) is 4.65. The molecule has 0 radical (unpaired) electrons. The van der Waals surface area contributed by atoms with Gasteiger partial charge in [0.05, 0.1) is 6.54 Å². The number of carbonyl (C=O) groups excluding carboxylic acids is 1. The lowest BCUT2D eigenvalue weighted by Gasteiger charge is -2.34. The van der Waals surface area contributed by atoms with Gasteiger partial charge in [-0.05, 0) is 12.5 Å². The standard InChI is InChI=1S/C23H30N6O4/c1-16-6-5-7-17(12-16)13-29-18(14-27-8-10-28(11-9-27)19(30)15-33-4)24-21-20(29)22(31)26(3)23(32)25(21)2/h5-7,12H,8-11,13-15H2,1-4H3. The van der Waals surface area contributed by atoms with Crippen molar-refractivity contribution in [3.05, 3.63) is 62.1 Å². The lowest BCUT2D eigenvalue weighted by Crippen LogP contribution is -2.49. The third kappa shape index (κ3) is 4.49. The minimum atomic E-state index is -0.399. The maximum atomic E-state index is 13.1. The Morgan fingerprint density at radius 3 is 2.45 bits per heavy atom. The van der Waals surface area contributed by atoms with Gasteiger partial charge in [-0.3, -0.25) is 23.6 Å². The fourth-order valence-electron chi connectivity index (χ4n) is 4.35. The van der Waals surface area contributed by atoms with Crippen molar-refractivity contribution in [2.45, 2.75) is 20.0 Å². The monoisotopic (exact) mass is 454 g/mol. The number of piperazine rings is 1. The number of rotatable bonds is 6. The van der Waals surface area contributed by atoms with Crippen LogP contribution >= 0.6 is 0 Å². The van der Waals surface area contributed by atoms with Gasteiger partial charge in [-0.2, -0.15) is 0 Å². The van der Waals surface area contributed by atoms with Crippen LogP contribution in [-0.2, 0) is 36.7 Å². The fourth-order valence-corrected chi connectivity index (χ4v) is 4.35. The Kier molecular flexibility index (Phi) is 6.48. The van der Waals surface area contributed by atoms with Crippen LogP contribution in [-0.4, -0.2) is 74.3 Å². The van der Waals surface area contributed by atoms with Crippen LogP contribution in [0.5, 0.6) is 0 Å². The zero-order valence-corrected chi connectivity index (χ0v) is 19.6. The molecule has 0 atom stereocenters. The van der Waals surface area contributed by atoms with Gasteiger partial charge in [0.15, 0.2) is 11.2 Å². The van der Waals surface area contributed by atoms with Gasteiger partial charge < -0.3 is 14.2 Å². The maximum Gasteiger partial charge on any atom is 0.332 e. The molecule has 4 rings (SSSR count). The highest BCUT2D eigenvalue weighted by molar-refractivity contribution is 5.77. The van der Waals surface area contributed by atoms with Crippen molar-refractivity contribution in [3.8, 4) is 0 Å². The molecular weight excluding hydrogens is 424 g/mol. The zero-order valence-electron chi connectivity index (χ0n) is 19.6. The number of aryl methyl sites for hydroxylation is 2. The fraction of sp³-hybridized carbons (Fsp3) is 0.478. The van der Waals surface area contributed by atoms with Crippen LogP contribution in [0.25, 0.3) is 11.2 Å². The molecule has 1 fully saturated rings. The predicted molar refractivity (Wildman–Crippen MR) is 124 cm³/mol. The van der Waals surface area contributed by atoms with Crippen LogP contribution in [0.3, 0.4) is 0 Å². The molecule has 10 nitrogen and oxygen atoms in total. The van der Waals surface area contributed by atoms with Crippen LogP contribution in [0.1, 0.15) is 17.0 Å². The summed E-state index contributed by atoms with van der Waals surface area (Å²) in [5.74, 6) is 0.712. The first-order valence-electron chi connectivity index (χ1n) is 11.0. The van der Waals surface area contributed by atoms with Gasteiger partial charge in [-0.1, -0.05) is 29.8 Å². The van der Waals surface area contributed by atoms with Crippen LogP contribution in [0.4, 0.5) is 0 Å². The second-order valence-electron chi connectivity index (χ2n) is 8.57. The zero-order chi connectivity index (χ0) is 23.7. The number of benzene rings is 1. The Balaban J connectivity index is 1.69. The molecule has 0 saturated carbocycles. The van der Waals surface area contributed by atoms with E-state index in [-0.39, 0.29) is 18.1 Å². The van der Waals surface area contributed by atoms with Crippen LogP contribution in [0.2, 0.25) is 0 Å². The summed E-state index contributed by atoms with van der Waals surface area (Å²) < 4.78 is 9.43. The van der Waals surface area contributed by atoms with E-state index in [0.717, 1.165) is 21.5 Å². The van der Waals surface area contributed by atoms with E-state index in [4.69, 9.17) is 9.72 Å². The van der Waals surface area contributed by atoms with Gasteiger partial charge in [0.2, 0.25) is 5.91 Å². The van der Waals surface area contributed by atoms with Gasteiger partial charge in [0.1, 0.15) is 12.4 Å². The number of hydrogen-bond acceptors (Lipinski definition) is 6. The van der Waals surface area contributed by atoms with Crippen molar-refractivity contribution in [1.29, 1.82) is 0 Å². The number of imidazole rings is 1. The quantitative estimate of drug-likeness (QED) is 0.524. The molecule has 1 aromatic carbocycles. The molecule has 1 amide bonds. The number of aromatic nitrogens is 4. The van der Waals surface area contributed by atoms with Crippen LogP contribution < -0.4 is 11.2 Å². The minimum absolute atomic E-state index is 0.0117. The van der Waals surface area contributed by atoms with Gasteiger partial charge in [-0.25, -0.2) is 9.78 Å². The molecule has 3 heterocycles. The molecular formula is C23H30N6O4. The average molecular weight is 455 g/mol. The van der Waals surface area contributed by atoms with E-state index in [0.29, 0.717) is 50.4 Å². The summed E-state index contributed by atoms with van der Waals surface area (Å²) >= 11 is 0. The lowest BCUT2D eigenvalue weighted by molar-refractivity contribution is -0.136. The van der Waals surface area contributed by atoms with E-state index < -0.39 is 5.69 Å². The molecule has 10 heteroatoms. The van der Waals surface area contributed by atoms with Crippen molar-refractivity contribution in [2.75, 3.05) is 39.9 Å². The average Bonchev–Trinajstić information content (AvgIpc) is 3.15. The number of nitrogens with zero attached hydrogens (tertiary/aromatic N) is 6. The molecule has 2 aromatic heterocycles. The predicted octanol–water partition coefficient (Wildman–Crippen LogP) is 0.0810. The summed E-state index contributed by atoms with van der Waals surface area (Å²) in [5, 5.41) is 0. The first-order chi connectivity index (χ1) is 15.8. The molecule has 0 bridgehead atoms. The van der Waals surface area contributed by atoms with E-state index >= 15 is 0 Å². The summed E-state index contributed by atoms with van der Waals surface area (Å²) in [5.41, 5.74) is 2.25. The van der Waals surface area contributed by atoms with Crippen molar-refractivity contribution >= 4 is 17.1 Å². The maximum absolute atomic E-state index is 13.1. The number of hydrogen-bond donors (Lipinski definition) is 0. The Morgan fingerprint density at radius 2 is 1.79 bits per heavy atom. The van der Waals surface area contributed by atoms with E-state index in [1.807, 2.05) is 29.7 Å². The highest BCUT2D eigenvalue weighted by atomic mass is 16.5. The first kappa shape index (κ1) is 22.9. The number of ether oxygens (including phenoxy) is 1. The molecule has 0 unspecified atom stereocenters. The highest BCUT2D eigenvalue weighted by Crippen LogP contribution is 2.17. The number of fused-ring (bicyclic) bond motifs is 1. The molecule has 0 aliphatic carbocycles. The molecule has 176 valence electrons. The van der Waals surface area contributed by atoms with Crippen molar-refractivity contribution in [2.24, 2.45) is 14.1 Å². The first-order valence-corrected chi connectivity index (χ1v) is 11.0. The Labute approximate surface area is 191 Å². The smallest absolute Gasteiger partial charge is 0.332 e. The van der Waals surface area contributed by atoms with Gasteiger partial charge in [0, 0.05) is 53.9 Å². The third-order valence-corrected chi connectivity index (χ3v) is 6.21. The van der Waals surface area contributed by atoms with E-state index in [9.17, 15) is 14.4 Å². The molecule has 33 heavy (non-hydrogen) atoms.